The van der Waals surface area contributed by atoms with Crippen LogP contribution in [-0.2, 0) is 9.53 Å². The van der Waals surface area contributed by atoms with Crippen LogP contribution in [0, 0.1) is 0 Å². The molecule has 0 aliphatic carbocycles. The van der Waals surface area contributed by atoms with Crippen molar-refractivity contribution in [2.24, 2.45) is 0 Å². The number of anilines is 2. The minimum absolute atomic E-state index is 0.0785. The molecule has 1 aliphatic rings. The zero-order chi connectivity index (χ0) is 23.4. The predicted octanol–water partition coefficient (Wildman–Crippen LogP) is 4.20. The van der Waals surface area contributed by atoms with Crippen LogP contribution in [0.4, 0.5) is 10.9 Å². The van der Waals surface area contributed by atoms with Gasteiger partial charge in [0.25, 0.3) is 0 Å². The van der Waals surface area contributed by atoms with Gasteiger partial charge in [0, 0.05) is 36.0 Å². The molecule has 0 fully saturated rings. The number of amides is 1. The highest BCUT2D eigenvalue weighted by Crippen LogP contribution is 2.36. The topological polar surface area (TPSA) is 115 Å². The molecule has 0 saturated carbocycles. The Morgan fingerprint density at radius 1 is 1.33 bits per heavy atom. The molecule has 3 aromatic rings. The molecule has 3 heterocycles. The van der Waals surface area contributed by atoms with Gasteiger partial charge in [0.1, 0.15) is 11.3 Å². The first kappa shape index (κ1) is 23.0. The number of fused-ring (bicyclic) bond motifs is 1. The van der Waals surface area contributed by atoms with Crippen LogP contribution in [0.15, 0.2) is 34.9 Å². The van der Waals surface area contributed by atoms with Crippen molar-refractivity contribution in [2.45, 2.75) is 31.5 Å². The Kier molecular flexibility index (Phi) is 7.09. The summed E-state index contributed by atoms with van der Waals surface area (Å²) in [6, 6.07) is 5.74. The van der Waals surface area contributed by atoms with Gasteiger partial charge in [0.15, 0.2) is 16.1 Å². The maximum atomic E-state index is 12.3. The number of nitrogens with one attached hydrogen (secondary N) is 2. The van der Waals surface area contributed by atoms with E-state index < -0.39 is 5.97 Å². The highest BCUT2D eigenvalue weighted by Gasteiger charge is 2.23. The molecule has 33 heavy (non-hydrogen) atoms. The minimum atomic E-state index is -0.497. The van der Waals surface area contributed by atoms with Crippen molar-refractivity contribution in [2.75, 3.05) is 24.8 Å². The number of thiazole rings is 1. The maximum absolute atomic E-state index is 12.3. The zero-order valence-corrected chi connectivity index (χ0v) is 20.0. The zero-order valence-electron chi connectivity index (χ0n) is 18.4. The summed E-state index contributed by atoms with van der Waals surface area (Å²) in [7, 11) is 0. The number of benzene rings is 1. The van der Waals surface area contributed by atoms with E-state index in [2.05, 4.69) is 25.6 Å². The largest absolute Gasteiger partial charge is 0.493 e. The van der Waals surface area contributed by atoms with Crippen LogP contribution in [0.2, 0.25) is 0 Å². The van der Waals surface area contributed by atoms with Gasteiger partial charge in [0.05, 0.1) is 24.9 Å². The van der Waals surface area contributed by atoms with Crippen molar-refractivity contribution in [3.05, 3.63) is 40.9 Å². The van der Waals surface area contributed by atoms with Crippen LogP contribution >= 0.6 is 23.1 Å². The predicted molar refractivity (Wildman–Crippen MR) is 127 cm³/mol. The van der Waals surface area contributed by atoms with Crippen LogP contribution in [0.25, 0.3) is 11.3 Å². The highest BCUT2D eigenvalue weighted by molar-refractivity contribution is 7.98. The molecule has 1 atom stereocenters. The third-order valence-electron chi connectivity index (χ3n) is 4.90. The Hall–Kier alpha value is -3.18. The minimum Gasteiger partial charge on any atom is -0.493 e. The van der Waals surface area contributed by atoms with Gasteiger partial charge in [-0.1, -0.05) is 11.8 Å². The average Bonchev–Trinajstić information content (AvgIpc) is 3.27. The Morgan fingerprint density at radius 3 is 2.94 bits per heavy atom. The first-order valence-corrected chi connectivity index (χ1v) is 12.4. The summed E-state index contributed by atoms with van der Waals surface area (Å²) >= 11 is 2.77. The van der Waals surface area contributed by atoms with Gasteiger partial charge >= 0.3 is 5.97 Å². The summed E-state index contributed by atoms with van der Waals surface area (Å²) in [6.07, 6.45) is 4.03. The molecular formula is C22H23N5O4S2. The van der Waals surface area contributed by atoms with Gasteiger partial charge in [-0.15, -0.1) is 11.3 Å². The molecule has 2 aromatic heterocycles. The third-order valence-corrected chi connectivity index (χ3v) is 6.22. The molecule has 1 unspecified atom stereocenters. The summed E-state index contributed by atoms with van der Waals surface area (Å²) in [5.41, 5.74) is 2.84. The lowest BCUT2D eigenvalue weighted by Gasteiger charge is -2.26. The SMILES string of the molecule is CCOC(=O)c1cnc(SC)nc1Nc1nc(-c2ccc3c(c2)C(NC(C)=O)CCO3)cs1. The Morgan fingerprint density at radius 2 is 2.18 bits per heavy atom. The van der Waals surface area contributed by atoms with Crippen LogP contribution in [0.1, 0.15) is 42.2 Å². The van der Waals surface area contributed by atoms with Crippen molar-refractivity contribution in [3.8, 4) is 17.0 Å². The number of aromatic nitrogens is 3. The smallest absolute Gasteiger partial charge is 0.343 e. The fraction of sp³-hybridized carbons (Fsp3) is 0.318. The number of hydrogen-bond acceptors (Lipinski definition) is 10. The van der Waals surface area contributed by atoms with E-state index in [0.717, 1.165) is 22.6 Å². The molecule has 0 radical (unpaired) electrons. The third kappa shape index (κ3) is 5.25. The summed E-state index contributed by atoms with van der Waals surface area (Å²) in [4.78, 5) is 37.2. The van der Waals surface area contributed by atoms with Gasteiger partial charge < -0.3 is 20.1 Å². The average molecular weight is 486 g/mol. The van der Waals surface area contributed by atoms with Gasteiger partial charge in [-0.25, -0.2) is 19.7 Å². The summed E-state index contributed by atoms with van der Waals surface area (Å²) < 4.78 is 10.9. The van der Waals surface area contributed by atoms with Crippen LogP contribution in [-0.4, -0.2) is 46.3 Å². The van der Waals surface area contributed by atoms with Gasteiger partial charge in [-0.3, -0.25) is 4.79 Å². The first-order chi connectivity index (χ1) is 16.0. The van der Waals surface area contributed by atoms with E-state index in [4.69, 9.17) is 9.47 Å². The number of carbonyl (C=O) groups excluding carboxylic acids is 2. The van der Waals surface area contributed by atoms with E-state index in [1.807, 2.05) is 29.8 Å². The Labute approximate surface area is 199 Å². The maximum Gasteiger partial charge on any atom is 0.343 e. The molecule has 0 bridgehead atoms. The Bertz CT molecular complexity index is 1180. The van der Waals surface area contributed by atoms with Crippen molar-refractivity contribution >= 4 is 45.9 Å². The number of hydrogen-bond donors (Lipinski definition) is 2. The van der Waals surface area contributed by atoms with E-state index in [-0.39, 0.29) is 24.1 Å². The fourth-order valence-corrected chi connectivity index (χ4v) is 4.49. The summed E-state index contributed by atoms with van der Waals surface area (Å²) in [5.74, 6) is 0.536. The molecule has 172 valence electrons. The van der Waals surface area contributed by atoms with E-state index in [0.29, 0.717) is 29.1 Å². The lowest BCUT2D eigenvalue weighted by atomic mass is 9.97. The summed E-state index contributed by atoms with van der Waals surface area (Å²) in [5, 5.41) is 9.14. The molecule has 4 rings (SSSR count). The summed E-state index contributed by atoms with van der Waals surface area (Å²) in [6.45, 7) is 4.07. The lowest BCUT2D eigenvalue weighted by molar-refractivity contribution is -0.119. The van der Waals surface area contributed by atoms with E-state index >= 15 is 0 Å². The standard InChI is InChI=1S/C22H23N5O4S2/c1-4-30-20(29)15-10-23-21(32-3)26-19(15)27-22-25-17(11-33-22)13-5-6-18-14(9-13)16(7-8-31-18)24-12(2)28/h5-6,9-11,16H,4,7-8H2,1-3H3,(H,24,28)(H,23,25,26,27). The van der Waals surface area contributed by atoms with E-state index in [9.17, 15) is 9.59 Å². The number of thioether (sulfide) groups is 1. The van der Waals surface area contributed by atoms with Gasteiger partial charge in [-0.2, -0.15) is 0 Å². The molecule has 1 aromatic carbocycles. The van der Waals surface area contributed by atoms with E-state index in [1.165, 1.54) is 36.2 Å². The second-order valence-electron chi connectivity index (χ2n) is 7.15. The number of carbonyl (C=O) groups is 2. The Balaban J connectivity index is 1.61. The number of rotatable bonds is 7. The molecular weight excluding hydrogens is 462 g/mol. The molecule has 2 N–H and O–H groups in total. The van der Waals surface area contributed by atoms with Crippen molar-refractivity contribution in [3.63, 3.8) is 0 Å². The monoisotopic (exact) mass is 485 g/mol. The first-order valence-electron chi connectivity index (χ1n) is 10.3. The molecule has 9 nitrogen and oxygen atoms in total. The van der Waals surface area contributed by atoms with E-state index in [1.54, 1.807) is 6.92 Å². The quantitative estimate of drug-likeness (QED) is 0.288. The van der Waals surface area contributed by atoms with Crippen LogP contribution < -0.4 is 15.4 Å². The van der Waals surface area contributed by atoms with Gasteiger partial charge in [0.2, 0.25) is 5.91 Å². The molecule has 1 aliphatic heterocycles. The second kappa shape index (κ2) is 10.2. The van der Waals surface area contributed by atoms with Crippen molar-refractivity contribution in [1.29, 1.82) is 0 Å². The highest BCUT2D eigenvalue weighted by atomic mass is 32.2. The number of esters is 1. The molecule has 1 amide bonds. The molecule has 11 heteroatoms. The normalized spacial score (nSPS) is 14.7. The van der Waals surface area contributed by atoms with Crippen molar-refractivity contribution < 1.29 is 19.1 Å². The second-order valence-corrected chi connectivity index (χ2v) is 8.78. The lowest BCUT2D eigenvalue weighted by Crippen LogP contribution is -2.30. The van der Waals surface area contributed by atoms with Crippen LogP contribution in [0.3, 0.4) is 0 Å². The number of ether oxygens (including phenoxy) is 2. The van der Waals surface area contributed by atoms with Gasteiger partial charge in [-0.05, 0) is 31.4 Å². The van der Waals surface area contributed by atoms with Crippen LogP contribution in [0.5, 0.6) is 5.75 Å². The van der Waals surface area contributed by atoms with Crippen molar-refractivity contribution in [1.82, 2.24) is 20.3 Å². The fourth-order valence-electron chi connectivity index (χ4n) is 3.43. The molecule has 0 spiro atoms. The number of nitrogens with zero attached hydrogens (tertiary/aromatic N) is 3. The molecule has 0 saturated heterocycles.